The van der Waals surface area contributed by atoms with Crippen molar-refractivity contribution in [3.63, 3.8) is 0 Å². The van der Waals surface area contributed by atoms with Gasteiger partial charge in [-0.1, -0.05) is 11.6 Å². The number of hydrogen-bond acceptors (Lipinski definition) is 3. The average Bonchev–Trinajstić information content (AvgIpc) is 2.63. The SMILES string of the molecule is C[C@@H]1CN(C(=O)c2sccc2Cl)CCN1.Cl. The minimum Gasteiger partial charge on any atom is -0.335 e. The molecule has 1 aliphatic rings. The molecule has 1 fully saturated rings. The molecule has 2 rings (SSSR count). The van der Waals surface area contributed by atoms with Crippen molar-refractivity contribution < 1.29 is 4.79 Å². The van der Waals surface area contributed by atoms with Crippen molar-refractivity contribution in [2.45, 2.75) is 13.0 Å². The predicted molar refractivity (Wildman–Crippen MR) is 69.9 cm³/mol. The summed E-state index contributed by atoms with van der Waals surface area (Å²) in [6, 6.07) is 2.13. The third kappa shape index (κ3) is 2.88. The van der Waals surface area contributed by atoms with Crippen molar-refractivity contribution in [3.05, 3.63) is 21.3 Å². The smallest absolute Gasteiger partial charge is 0.265 e. The van der Waals surface area contributed by atoms with Gasteiger partial charge in [0.1, 0.15) is 4.88 Å². The molecule has 0 radical (unpaired) electrons. The molecule has 3 nitrogen and oxygen atoms in total. The Hall–Kier alpha value is -0.290. The summed E-state index contributed by atoms with van der Waals surface area (Å²) in [6.07, 6.45) is 0. The summed E-state index contributed by atoms with van der Waals surface area (Å²) < 4.78 is 0. The van der Waals surface area contributed by atoms with Gasteiger partial charge in [0, 0.05) is 25.7 Å². The lowest BCUT2D eigenvalue weighted by molar-refractivity contribution is 0.0714. The summed E-state index contributed by atoms with van der Waals surface area (Å²) in [6.45, 7) is 4.45. The highest BCUT2D eigenvalue weighted by molar-refractivity contribution is 7.12. The van der Waals surface area contributed by atoms with Crippen molar-refractivity contribution in [3.8, 4) is 0 Å². The van der Waals surface area contributed by atoms with Crippen LogP contribution in [0.25, 0.3) is 0 Å². The Bertz CT molecular complexity index is 369. The van der Waals surface area contributed by atoms with Gasteiger partial charge >= 0.3 is 0 Å². The maximum absolute atomic E-state index is 12.1. The molecule has 1 amide bonds. The van der Waals surface area contributed by atoms with Gasteiger partial charge in [-0.3, -0.25) is 4.79 Å². The fourth-order valence-electron chi connectivity index (χ4n) is 1.71. The van der Waals surface area contributed by atoms with E-state index in [2.05, 4.69) is 12.2 Å². The first-order valence-electron chi connectivity index (χ1n) is 4.94. The summed E-state index contributed by atoms with van der Waals surface area (Å²) in [5, 5.41) is 5.72. The molecular formula is C10H14Cl2N2OS. The second-order valence-corrected chi connectivity index (χ2v) is 5.03. The van der Waals surface area contributed by atoms with Crippen LogP contribution in [0.5, 0.6) is 0 Å². The van der Waals surface area contributed by atoms with E-state index in [1.807, 2.05) is 10.3 Å². The van der Waals surface area contributed by atoms with Gasteiger partial charge in [-0.05, 0) is 18.4 Å². The van der Waals surface area contributed by atoms with Crippen LogP contribution in [0.3, 0.4) is 0 Å². The minimum absolute atomic E-state index is 0. The molecule has 0 unspecified atom stereocenters. The topological polar surface area (TPSA) is 32.3 Å². The number of carbonyl (C=O) groups is 1. The van der Waals surface area contributed by atoms with Gasteiger partial charge in [0.2, 0.25) is 0 Å². The van der Waals surface area contributed by atoms with E-state index in [-0.39, 0.29) is 18.3 Å². The van der Waals surface area contributed by atoms with Crippen LogP contribution in [0, 0.1) is 0 Å². The van der Waals surface area contributed by atoms with E-state index in [1.54, 1.807) is 6.07 Å². The number of rotatable bonds is 1. The fraction of sp³-hybridized carbons (Fsp3) is 0.500. The number of nitrogens with one attached hydrogen (secondary N) is 1. The Kier molecular flexibility index (Phi) is 5.05. The van der Waals surface area contributed by atoms with Crippen LogP contribution in [-0.4, -0.2) is 36.5 Å². The molecule has 0 saturated carbocycles. The van der Waals surface area contributed by atoms with Gasteiger partial charge < -0.3 is 10.2 Å². The molecule has 16 heavy (non-hydrogen) atoms. The molecule has 6 heteroatoms. The van der Waals surface area contributed by atoms with E-state index in [9.17, 15) is 4.79 Å². The molecule has 90 valence electrons. The molecule has 1 aromatic heterocycles. The van der Waals surface area contributed by atoms with Crippen LogP contribution in [-0.2, 0) is 0 Å². The molecule has 1 aromatic rings. The second kappa shape index (κ2) is 5.87. The van der Waals surface area contributed by atoms with Crippen LogP contribution in [0.4, 0.5) is 0 Å². The van der Waals surface area contributed by atoms with E-state index in [0.29, 0.717) is 15.9 Å². The number of piperazine rings is 1. The summed E-state index contributed by atoms with van der Waals surface area (Å²) in [5.41, 5.74) is 0. The highest BCUT2D eigenvalue weighted by atomic mass is 35.5. The van der Waals surface area contributed by atoms with Gasteiger partial charge in [0.25, 0.3) is 5.91 Å². The number of thiophene rings is 1. The third-order valence-corrected chi connectivity index (χ3v) is 3.80. The molecule has 0 aromatic carbocycles. The van der Waals surface area contributed by atoms with Crippen LogP contribution in [0.2, 0.25) is 5.02 Å². The van der Waals surface area contributed by atoms with Crippen molar-refractivity contribution in [2.24, 2.45) is 0 Å². The van der Waals surface area contributed by atoms with Gasteiger partial charge in [-0.2, -0.15) is 0 Å². The number of amides is 1. The maximum atomic E-state index is 12.1. The average molecular weight is 281 g/mol. The zero-order valence-electron chi connectivity index (χ0n) is 8.90. The minimum atomic E-state index is 0. The Morgan fingerprint density at radius 3 is 3.00 bits per heavy atom. The molecule has 1 saturated heterocycles. The first kappa shape index (κ1) is 13.8. The van der Waals surface area contributed by atoms with Crippen LogP contribution in [0.1, 0.15) is 16.6 Å². The molecule has 2 heterocycles. The number of hydrogen-bond donors (Lipinski definition) is 1. The number of carbonyl (C=O) groups excluding carboxylic acids is 1. The van der Waals surface area contributed by atoms with Gasteiger partial charge in [0.05, 0.1) is 5.02 Å². The molecule has 0 bridgehead atoms. The van der Waals surface area contributed by atoms with Crippen LogP contribution < -0.4 is 5.32 Å². The quantitative estimate of drug-likeness (QED) is 0.856. The Balaban J connectivity index is 0.00000128. The first-order chi connectivity index (χ1) is 7.18. The monoisotopic (exact) mass is 280 g/mol. The molecular weight excluding hydrogens is 267 g/mol. The van der Waals surface area contributed by atoms with Crippen molar-refractivity contribution in [2.75, 3.05) is 19.6 Å². The largest absolute Gasteiger partial charge is 0.335 e. The standard InChI is InChI=1S/C10H13ClN2OS.ClH/c1-7-6-13(4-3-12-7)10(14)9-8(11)2-5-15-9;/h2,5,7,12H,3-4,6H2,1H3;1H/t7-;/m1./s1. The second-order valence-electron chi connectivity index (χ2n) is 3.70. The third-order valence-electron chi connectivity index (χ3n) is 2.47. The van der Waals surface area contributed by atoms with Crippen molar-refractivity contribution >= 4 is 41.3 Å². The van der Waals surface area contributed by atoms with Gasteiger partial charge in [-0.25, -0.2) is 0 Å². The number of nitrogens with zero attached hydrogens (tertiary/aromatic N) is 1. The predicted octanol–water partition coefficient (Wildman–Crippen LogP) is 2.26. The first-order valence-corrected chi connectivity index (χ1v) is 6.20. The molecule has 0 aliphatic carbocycles. The van der Waals surface area contributed by atoms with E-state index < -0.39 is 0 Å². The lowest BCUT2D eigenvalue weighted by Crippen LogP contribution is -2.51. The fourth-order valence-corrected chi connectivity index (χ4v) is 2.81. The zero-order chi connectivity index (χ0) is 10.8. The number of halogens is 2. The maximum Gasteiger partial charge on any atom is 0.265 e. The van der Waals surface area contributed by atoms with Crippen LogP contribution >= 0.6 is 35.3 Å². The van der Waals surface area contributed by atoms with Crippen LogP contribution in [0.15, 0.2) is 11.4 Å². The molecule has 1 N–H and O–H groups in total. The van der Waals surface area contributed by atoms with Crippen molar-refractivity contribution in [1.82, 2.24) is 10.2 Å². The Morgan fingerprint density at radius 2 is 2.44 bits per heavy atom. The lowest BCUT2D eigenvalue weighted by Gasteiger charge is -2.31. The normalized spacial score (nSPS) is 20.4. The zero-order valence-corrected chi connectivity index (χ0v) is 11.3. The molecule has 0 spiro atoms. The molecule has 1 atom stereocenters. The van der Waals surface area contributed by atoms with E-state index in [0.717, 1.165) is 19.6 Å². The highest BCUT2D eigenvalue weighted by Crippen LogP contribution is 2.23. The summed E-state index contributed by atoms with van der Waals surface area (Å²) in [7, 11) is 0. The highest BCUT2D eigenvalue weighted by Gasteiger charge is 2.23. The van der Waals surface area contributed by atoms with Gasteiger partial charge in [-0.15, -0.1) is 23.7 Å². The summed E-state index contributed by atoms with van der Waals surface area (Å²) in [5.74, 6) is 0.0587. The summed E-state index contributed by atoms with van der Waals surface area (Å²) in [4.78, 5) is 14.6. The Labute approximate surface area is 110 Å². The Morgan fingerprint density at radius 1 is 1.69 bits per heavy atom. The lowest BCUT2D eigenvalue weighted by atomic mass is 10.2. The summed E-state index contributed by atoms with van der Waals surface area (Å²) >= 11 is 7.35. The molecule has 1 aliphatic heterocycles. The van der Waals surface area contributed by atoms with E-state index in [4.69, 9.17) is 11.6 Å². The van der Waals surface area contributed by atoms with Gasteiger partial charge in [0.15, 0.2) is 0 Å². The van der Waals surface area contributed by atoms with Crippen molar-refractivity contribution in [1.29, 1.82) is 0 Å². The van der Waals surface area contributed by atoms with E-state index in [1.165, 1.54) is 11.3 Å². The van der Waals surface area contributed by atoms with E-state index >= 15 is 0 Å².